The van der Waals surface area contributed by atoms with Gasteiger partial charge >= 0.3 is 0 Å². The molecule has 2 aromatic heterocycles. The fourth-order valence-corrected chi connectivity index (χ4v) is 3.69. The van der Waals surface area contributed by atoms with Gasteiger partial charge in [-0.3, -0.25) is 9.48 Å². The van der Waals surface area contributed by atoms with Gasteiger partial charge in [-0.25, -0.2) is 0 Å². The zero-order chi connectivity index (χ0) is 18.1. The first-order valence-electron chi connectivity index (χ1n) is 9.51. The lowest BCUT2D eigenvalue weighted by Gasteiger charge is -2.21. The Morgan fingerprint density at radius 1 is 1.42 bits per heavy atom. The summed E-state index contributed by atoms with van der Waals surface area (Å²) in [6, 6.07) is 2.02. The second-order valence-corrected chi connectivity index (χ2v) is 7.42. The van der Waals surface area contributed by atoms with Crippen LogP contribution < -0.4 is 5.32 Å². The van der Waals surface area contributed by atoms with Gasteiger partial charge in [0.1, 0.15) is 6.04 Å². The van der Waals surface area contributed by atoms with Gasteiger partial charge in [0.15, 0.2) is 5.82 Å². The molecule has 2 aliphatic rings. The van der Waals surface area contributed by atoms with Crippen molar-refractivity contribution in [3.05, 3.63) is 29.2 Å². The first-order chi connectivity index (χ1) is 12.6. The molecule has 0 radical (unpaired) electrons. The van der Waals surface area contributed by atoms with Crippen LogP contribution in [0.4, 0.5) is 0 Å². The molecule has 1 fully saturated rings. The molecule has 2 aliphatic heterocycles. The number of nitrogens with zero attached hydrogens (tertiary/aromatic N) is 5. The minimum absolute atomic E-state index is 0.0816. The van der Waals surface area contributed by atoms with Crippen molar-refractivity contribution in [2.24, 2.45) is 0 Å². The lowest BCUT2D eigenvalue weighted by atomic mass is 10.1. The maximum Gasteiger partial charge on any atom is 0.249 e. The van der Waals surface area contributed by atoms with E-state index in [0.717, 1.165) is 44.7 Å². The Bertz CT molecular complexity index is 757. The van der Waals surface area contributed by atoms with Crippen LogP contribution in [0.3, 0.4) is 0 Å². The summed E-state index contributed by atoms with van der Waals surface area (Å²) in [4.78, 5) is 19.2. The number of hydrogen-bond acceptors (Lipinski definition) is 6. The molecule has 2 aromatic rings. The van der Waals surface area contributed by atoms with Crippen molar-refractivity contribution >= 4 is 5.91 Å². The van der Waals surface area contributed by atoms with Gasteiger partial charge in [-0.2, -0.15) is 10.1 Å². The monoisotopic (exact) mass is 358 g/mol. The smallest absolute Gasteiger partial charge is 0.249 e. The topological polar surface area (TPSA) is 89.1 Å². The molecular formula is C18H26N6O2. The maximum atomic E-state index is 12.8. The Hall–Kier alpha value is -2.22. The number of likely N-dealkylation sites (tertiary alicyclic amines) is 1. The minimum Gasteiger partial charge on any atom is -0.337 e. The molecule has 1 saturated heterocycles. The highest BCUT2D eigenvalue weighted by Gasteiger charge is 2.34. The van der Waals surface area contributed by atoms with E-state index < -0.39 is 0 Å². The number of aryl methyl sites for hydroxylation is 1. The number of aromatic nitrogens is 4. The lowest BCUT2D eigenvalue weighted by Crippen LogP contribution is -2.31. The quantitative estimate of drug-likeness (QED) is 0.876. The minimum atomic E-state index is -0.0816. The zero-order valence-corrected chi connectivity index (χ0v) is 15.4. The van der Waals surface area contributed by atoms with Gasteiger partial charge in [-0.1, -0.05) is 19.0 Å². The van der Waals surface area contributed by atoms with E-state index in [1.54, 1.807) is 0 Å². The molecule has 1 amide bonds. The SMILES string of the molecule is CC(C)c1noc([C@@H]2CCCN2C(=O)CCc2cc3n(n2)CCNC3)n1. The molecule has 8 nitrogen and oxygen atoms in total. The van der Waals surface area contributed by atoms with Gasteiger partial charge in [-0.15, -0.1) is 0 Å². The summed E-state index contributed by atoms with van der Waals surface area (Å²) < 4.78 is 7.47. The van der Waals surface area contributed by atoms with E-state index in [-0.39, 0.29) is 17.9 Å². The molecule has 26 heavy (non-hydrogen) atoms. The van der Waals surface area contributed by atoms with Crippen molar-refractivity contribution in [3.63, 3.8) is 0 Å². The fraction of sp³-hybridized carbons (Fsp3) is 0.667. The van der Waals surface area contributed by atoms with Crippen LogP contribution in [0.25, 0.3) is 0 Å². The van der Waals surface area contributed by atoms with Crippen molar-refractivity contribution in [2.75, 3.05) is 13.1 Å². The normalized spacial score (nSPS) is 20.0. The van der Waals surface area contributed by atoms with Crippen molar-refractivity contribution in [2.45, 2.75) is 64.6 Å². The Balaban J connectivity index is 1.39. The number of nitrogens with one attached hydrogen (secondary N) is 1. The van der Waals surface area contributed by atoms with Gasteiger partial charge in [0.05, 0.1) is 17.9 Å². The van der Waals surface area contributed by atoms with Crippen LogP contribution in [0.1, 0.15) is 68.2 Å². The molecule has 0 aliphatic carbocycles. The maximum absolute atomic E-state index is 12.8. The number of hydrogen-bond donors (Lipinski definition) is 1. The molecule has 0 bridgehead atoms. The van der Waals surface area contributed by atoms with Gasteiger partial charge in [0.2, 0.25) is 11.8 Å². The highest BCUT2D eigenvalue weighted by atomic mass is 16.5. The van der Waals surface area contributed by atoms with E-state index in [1.165, 1.54) is 5.69 Å². The first-order valence-corrected chi connectivity index (χ1v) is 9.51. The Morgan fingerprint density at radius 3 is 3.08 bits per heavy atom. The average molecular weight is 358 g/mol. The third kappa shape index (κ3) is 3.38. The van der Waals surface area contributed by atoms with Gasteiger partial charge in [0, 0.05) is 38.4 Å². The Morgan fingerprint density at radius 2 is 2.31 bits per heavy atom. The molecule has 0 unspecified atom stereocenters. The van der Waals surface area contributed by atoms with Crippen molar-refractivity contribution < 1.29 is 9.32 Å². The molecular weight excluding hydrogens is 332 g/mol. The summed E-state index contributed by atoms with van der Waals surface area (Å²) in [5.41, 5.74) is 2.19. The Kier molecular flexibility index (Phi) is 4.76. The number of carbonyl (C=O) groups is 1. The first kappa shape index (κ1) is 17.2. The third-order valence-corrected chi connectivity index (χ3v) is 5.15. The molecule has 4 heterocycles. The van der Waals surface area contributed by atoms with Crippen LogP contribution in [-0.4, -0.2) is 43.8 Å². The van der Waals surface area contributed by atoms with Gasteiger partial charge < -0.3 is 14.7 Å². The Labute approximate surface area is 152 Å². The average Bonchev–Trinajstić information content (AvgIpc) is 3.37. The van der Waals surface area contributed by atoms with Crippen molar-refractivity contribution in [3.8, 4) is 0 Å². The second-order valence-electron chi connectivity index (χ2n) is 7.42. The van der Waals surface area contributed by atoms with E-state index in [4.69, 9.17) is 4.52 Å². The van der Waals surface area contributed by atoms with Crippen LogP contribution >= 0.6 is 0 Å². The van der Waals surface area contributed by atoms with Crippen LogP contribution in [0.2, 0.25) is 0 Å². The third-order valence-electron chi connectivity index (χ3n) is 5.15. The molecule has 1 N–H and O–H groups in total. The molecule has 140 valence electrons. The number of fused-ring (bicyclic) bond motifs is 1. The lowest BCUT2D eigenvalue weighted by molar-refractivity contribution is -0.132. The largest absolute Gasteiger partial charge is 0.337 e. The van der Waals surface area contributed by atoms with E-state index in [0.29, 0.717) is 24.6 Å². The van der Waals surface area contributed by atoms with Crippen LogP contribution in [0.5, 0.6) is 0 Å². The molecule has 4 rings (SSSR count). The van der Waals surface area contributed by atoms with Crippen molar-refractivity contribution in [1.29, 1.82) is 0 Å². The summed E-state index contributed by atoms with van der Waals surface area (Å²) in [6.07, 6.45) is 2.99. The number of amides is 1. The summed E-state index contributed by atoms with van der Waals surface area (Å²) >= 11 is 0. The molecule has 8 heteroatoms. The predicted molar refractivity (Wildman–Crippen MR) is 94.3 cm³/mol. The fourth-order valence-electron chi connectivity index (χ4n) is 3.69. The van der Waals surface area contributed by atoms with E-state index in [2.05, 4.69) is 26.6 Å². The summed E-state index contributed by atoms with van der Waals surface area (Å²) in [7, 11) is 0. The summed E-state index contributed by atoms with van der Waals surface area (Å²) in [5.74, 6) is 1.64. The number of carbonyl (C=O) groups excluding carboxylic acids is 1. The highest BCUT2D eigenvalue weighted by molar-refractivity contribution is 5.77. The molecule has 0 aromatic carbocycles. The summed E-state index contributed by atoms with van der Waals surface area (Å²) in [5, 5.41) is 12.0. The van der Waals surface area contributed by atoms with Gasteiger partial charge in [-0.05, 0) is 18.9 Å². The van der Waals surface area contributed by atoms with Crippen molar-refractivity contribution in [1.82, 2.24) is 30.1 Å². The van der Waals surface area contributed by atoms with Crippen LogP contribution in [0.15, 0.2) is 10.6 Å². The molecule has 0 spiro atoms. The number of rotatable bonds is 5. The van der Waals surface area contributed by atoms with E-state index in [1.807, 2.05) is 23.4 Å². The predicted octanol–water partition coefficient (Wildman–Crippen LogP) is 1.79. The summed E-state index contributed by atoms with van der Waals surface area (Å²) in [6.45, 7) is 7.52. The standard InChI is InChI=1S/C18H26N6O2/c1-12(2)17-20-18(26-22-17)15-4-3-8-23(15)16(25)6-5-13-10-14-11-19-7-9-24(14)21-13/h10,12,15,19H,3-9,11H2,1-2H3/t15-/m0/s1. The highest BCUT2D eigenvalue weighted by Crippen LogP contribution is 2.32. The molecule has 0 saturated carbocycles. The van der Waals surface area contributed by atoms with E-state index in [9.17, 15) is 4.79 Å². The zero-order valence-electron chi connectivity index (χ0n) is 15.4. The second kappa shape index (κ2) is 7.19. The molecule has 1 atom stereocenters. The van der Waals surface area contributed by atoms with Crippen LogP contribution in [-0.2, 0) is 24.3 Å². The van der Waals surface area contributed by atoms with Gasteiger partial charge in [0.25, 0.3) is 0 Å². The van der Waals surface area contributed by atoms with Crippen LogP contribution in [0, 0.1) is 0 Å². The van der Waals surface area contributed by atoms with E-state index >= 15 is 0 Å².